The fourth-order valence-electron chi connectivity index (χ4n) is 4.47. The van der Waals surface area contributed by atoms with Crippen LogP contribution in [-0.4, -0.2) is 24.0 Å². The van der Waals surface area contributed by atoms with Crippen LogP contribution in [0.15, 0.2) is 91.0 Å². The van der Waals surface area contributed by atoms with Crippen molar-refractivity contribution in [2.24, 2.45) is 0 Å². The van der Waals surface area contributed by atoms with E-state index in [1.54, 1.807) is 0 Å². The number of benzene rings is 3. The lowest BCUT2D eigenvalue weighted by Crippen LogP contribution is -2.47. The van der Waals surface area contributed by atoms with E-state index in [1.165, 1.54) is 15.9 Å². The number of Topliss-reactive ketones (excluding diaryl/α,β-unsaturated/α-hetero) is 1. The molecule has 2 atom stereocenters. The van der Waals surface area contributed by atoms with Gasteiger partial charge in [-0.3, -0.25) is 4.79 Å². The number of ketones is 1. The van der Waals surface area contributed by atoms with Crippen molar-refractivity contribution in [2.75, 3.05) is 6.54 Å². The van der Waals surface area contributed by atoms with Crippen LogP contribution in [-0.2, 0) is 4.79 Å². The lowest BCUT2D eigenvalue weighted by Gasteiger charge is -2.34. The first kappa shape index (κ1) is 18.6. The largest absolute Gasteiger partial charge is 0.303 e. The predicted molar refractivity (Wildman–Crippen MR) is 119 cm³/mol. The van der Waals surface area contributed by atoms with E-state index in [-0.39, 0.29) is 17.5 Å². The fraction of sp³-hybridized carbons (Fsp3) is 0.160. The van der Waals surface area contributed by atoms with Gasteiger partial charge in [0.05, 0.1) is 0 Å². The first-order valence-electron chi connectivity index (χ1n) is 9.58. The summed E-state index contributed by atoms with van der Waals surface area (Å²) in [6, 6.07) is 31.7. The second-order valence-electron chi connectivity index (χ2n) is 7.03. The van der Waals surface area contributed by atoms with E-state index >= 15 is 0 Å². The summed E-state index contributed by atoms with van der Waals surface area (Å²) in [7, 11) is -2.10. The van der Waals surface area contributed by atoms with Gasteiger partial charge in [-0.1, -0.05) is 54.6 Å². The van der Waals surface area contributed by atoms with Gasteiger partial charge in [0.25, 0.3) is 0 Å². The van der Waals surface area contributed by atoms with Gasteiger partial charge in [0.15, 0.2) is 0 Å². The summed E-state index contributed by atoms with van der Waals surface area (Å²) < 4.78 is 0. The van der Waals surface area contributed by atoms with Crippen LogP contribution in [0, 0.1) is 12.3 Å². The average Bonchev–Trinajstić information content (AvgIpc) is 3.26. The molecule has 0 radical (unpaired) electrons. The minimum Gasteiger partial charge on any atom is -0.303 e. The minimum absolute atomic E-state index is 0.128. The van der Waals surface area contributed by atoms with Crippen molar-refractivity contribution in [3.05, 3.63) is 91.0 Å². The Labute approximate surface area is 167 Å². The summed E-state index contributed by atoms with van der Waals surface area (Å²) in [5.74, 6) is 2.24. The van der Waals surface area contributed by atoms with Crippen molar-refractivity contribution in [3.63, 3.8) is 0 Å². The molecule has 0 saturated carbocycles. The van der Waals surface area contributed by atoms with Crippen molar-refractivity contribution in [2.45, 2.75) is 18.1 Å². The standard InChI is InChI=1S/C25H23NOP/c1-2-23(27)25-24(18-19-26-25)28(20-12-6-3-7-13-20,21-14-8-4-9-15-21)22-16-10-5-11-17-22/h1,3-17,24-26H,18-19H2/q+1. The molecular weight excluding hydrogens is 361 g/mol. The van der Waals surface area contributed by atoms with Crippen LogP contribution < -0.4 is 21.2 Å². The molecule has 1 heterocycles. The number of hydrogen-bond acceptors (Lipinski definition) is 2. The lowest BCUT2D eigenvalue weighted by molar-refractivity contribution is -0.115. The zero-order valence-corrected chi connectivity index (χ0v) is 16.6. The molecule has 138 valence electrons. The number of carbonyl (C=O) groups excluding carboxylic acids is 1. The van der Waals surface area contributed by atoms with Crippen molar-refractivity contribution < 1.29 is 4.79 Å². The molecule has 1 fully saturated rings. The van der Waals surface area contributed by atoms with E-state index in [2.05, 4.69) is 84.0 Å². The maximum atomic E-state index is 12.7. The summed E-state index contributed by atoms with van der Waals surface area (Å²) in [4.78, 5) is 12.7. The molecule has 1 saturated heterocycles. The molecule has 1 N–H and O–H groups in total. The Hall–Kier alpha value is -2.72. The Morgan fingerprint density at radius 1 is 0.821 bits per heavy atom. The number of hydrogen-bond donors (Lipinski definition) is 1. The maximum absolute atomic E-state index is 12.7. The van der Waals surface area contributed by atoms with E-state index in [1.807, 2.05) is 18.2 Å². The fourth-order valence-corrected chi connectivity index (χ4v) is 9.65. The van der Waals surface area contributed by atoms with Crippen molar-refractivity contribution >= 4 is 29.0 Å². The molecular formula is C25H23NOP+. The van der Waals surface area contributed by atoms with Gasteiger partial charge in [-0.2, -0.15) is 0 Å². The second kappa shape index (κ2) is 8.11. The molecule has 1 aliphatic rings. The van der Waals surface area contributed by atoms with Crippen LogP contribution in [0.5, 0.6) is 0 Å². The summed E-state index contributed by atoms with van der Waals surface area (Å²) >= 11 is 0. The molecule has 0 aliphatic carbocycles. The second-order valence-corrected chi connectivity index (χ2v) is 10.7. The van der Waals surface area contributed by atoms with E-state index < -0.39 is 7.26 Å². The van der Waals surface area contributed by atoms with Crippen LogP contribution in [0.25, 0.3) is 0 Å². The van der Waals surface area contributed by atoms with Gasteiger partial charge in [0.1, 0.15) is 34.9 Å². The Bertz CT molecular complexity index is 883. The third kappa shape index (κ3) is 3.08. The van der Waals surface area contributed by atoms with Gasteiger partial charge in [-0.05, 0) is 55.3 Å². The Balaban J connectivity index is 2.05. The molecule has 2 unspecified atom stereocenters. The van der Waals surface area contributed by atoms with Crippen LogP contribution >= 0.6 is 7.26 Å². The number of rotatable bonds is 5. The Kier molecular flexibility index (Phi) is 5.40. The van der Waals surface area contributed by atoms with Crippen LogP contribution in [0.4, 0.5) is 0 Å². The molecule has 0 spiro atoms. The Morgan fingerprint density at radius 3 is 1.64 bits per heavy atom. The highest BCUT2D eigenvalue weighted by Gasteiger charge is 2.57. The first-order chi connectivity index (χ1) is 13.8. The SMILES string of the molecule is C#CC(=O)C1NCCC1[P+](c1ccccc1)(c1ccccc1)c1ccccc1. The predicted octanol–water partition coefficient (Wildman–Crippen LogP) is 2.91. The summed E-state index contributed by atoms with van der Waals surface area (Å²) in [6.45, 7) is 0.803. The smallest absolute Gasteiger partial charge is 0.226 e. The monoisotopic (exact) mass is 384 g/mol. The number of carbonyl (C=O) groups is 1. The van der Waals surface area contributed by atoms with Crippen molar-refractivity contribution in [1.29, 1.82) is 0 Å². The van der Waals surface area contributed by atoms with Gasteiger partial charge in [-0.25, -0.2) is 0 Å². The summed E-state index contributed by atoms with van der Waals surface area (Å²) in [6.07, 6.45) is 6.47. The third-order valence-corrected chi connectivity index (χ3v) is 10.5. The molecule has 0 amide bonds. The maximum Gasteiger partial charge on any atom is 0.226 e. The molecule has 3 aromatic rings. The van der Waals surface area contributed by atoms with Crippen molar-refractivity contribution in [3.8, 4) is 12.3 Å². The number of nitrogens with one attached hydrogen (secondary N) is 1. The molecule has 1 aliphatic heterocycles. The molecule has 3 aromatic carbocycles. The van der Waals surface area contributed by atoms with Gasteiger partial charge < -0.3 is 5.32 Å². The van der Waals surface area contributed by atoms with Crippen LogP contribution in [0.3, 0.4) is 0 Å². The number of terminal acetylenes is 1. The normalized spacial score (nSPS) is 19.1. The van der Waals surface area contributed by atoms with Crippen molar-refractivity contribution in [1.82, 2.24) is 5.32 Å². The van der Waals surface area contributed by atoms with E-state index in [0.29, 0.717) is 0 Å². The van der Waals surface area contributed by atoms with Gasteiger partial charge in [0, 0.05) is 0 Å². The van der Waals surface area contributed by atoms with Crippen LogP contribution in [0.1, 0.15) is 6.42 Å². The molecule has 0 aromatic heterocycles. The quantitative estimate of drug-likeness (QED) is 0.416. The van der Waals surface area contributed by atoms with E-state index in [4.69, 9.17) is 6.42 Å². The zero-order valence-electron chi connectivity index (χ0n) is 15.7. The first-order valence-corrected chi connectivity index (χ1v) is 11.4. The van der Waals surface area contributed by atoms with E-state index in [0.717, 1.165) is 13.0 Å². The van der Waals surface area contributed by atoms with Gasteiger partial charge in [-0.15, -0.1) is 6.42 Å². The summed E-state index contributed by atoms with van der Waals surface area (Å²) in [5.41, 5.74) is 0.128. The highest BCUT2D eigenvalue weighted by Crippen LogP contribution is 2.62. The molecule has 2 nitrogen and oxygen atoms in total. The zero-order chi connectivity index (χ0) is 19.4. The third-order valence-electron chi connectivity index (χ3n) is 5.60. The molecule has 0 bridgehead atoms. The van der Waals surface area contributed by atoms with Crippen LogP contribution in [0.2, 0.25) is 0 Å². The minimum atomic E-state index is -2.10. The highest BCUT2D eigenvalue weighted by atomic mass is 31.2. The lowest BCUT2D eigenvalue weighted by atomic mass is 10.1. The average molecular weight is 384 g/mol. The topological polar surface area (TPSA) is 29.1 Å². The molecule has 3 heteroatoms. The molecule has 4 rings (SSSR count). The van der Waals surface area contributed by atoms with E-state index in [9.17, 15) is 4.79 Å². The molecule has 28 heavy (non-hydrogen) atoms. The Morgan fingerprint density at radius 2 is 1.25 bits per heavy atom. The summed E-state index contributed by atoms with van der Waals surface area (Å²) in [5, 5.41) is 7.27. The van der Waals surface area contributed by atoms with Gasteiger partial charge in [0.2, 0.25) is 5.78 Å². The van der Waals surface area contributed by atoms with Gasteiger partial charge >= 0.3 is 0 Å². The highest BCUT2D eigenvalue weighted by molar-refractivity contribution is 7.96.